The number of nitrogens with zero attached hydrogens (tertiary/aromatic N) is 4. The second-order valence-corrected chi connectivity index (χ2v) is 8.15. The molecular weight excluding hydrogens is 395 g/mol. The molecule has 8 heteroatoms. The van der Waals surface area contributed by atoms with Crippen molar-refractivity contribution in [2.75, 3.05) is 62.2 Å². The van der Waals surface area contributed by atoms with Crippen LogP contribution in [0.15, 0.2) is 48.7 Å². The van der Waals surface area contributed by atoms with Crippen LogP contribution in [0.5, 0.6) is 0 Å². The van der Waals surface area contributed by atoms with Crippen molar-refractivity contribution in [1.29, 1.82) is 0 Å². The molecule has 2 amide bonds. The molecule has 0 spiro atoms. The first-order valence-electron chi connectivity index (χ1n) is 11.1. The Morgan fingerprint density at radius 3 is 2.61 bits per heavy atom. The quantitative estimate of drug-likeness (QED) is 0.666. The van der Waals surface area contributed by atoms with Crippen molar-refractivity contribution in [2.24, 2.45) is 0 Å². The smallest absolute Gasteiger partial charge is 0.315 e. The van der Waals surface area contributed by atoms with Crippen molar-refractivity contribution >= 4 is 17.5 Å². The van der Waals surface area contributed by atoms with Gasteiger partial charge in [-0.25, -0.2) is 14.2 Å². The third-order valence-corrected chi connectivity index (χ3v) is 6.00. The molecule has 2 N–H and O–H groups in total. The van der Waals surface area contributed by atoms with Gasteiger partial charge >= 0.3 is 6.03 Å². The van der Waals surface area contributed by atoms with E-state index in [-0.39, 0.29) is 17.9 Å². The summed E-state index contributed by atoms with van der Waals surface area (Å²) in [5.41, 5.74) is 0.689. The highest BCUT2D eigenvalue weighted by molar-refractivity contribution is 5.74. The summed E-state index contributed by atoms with van der Waals surface area (Å²) in [4.78, 5) is 23.3. The van der Waals surface area contributed by atoms with Crippen LogP contribution in [0, 0.1) is 5.82 Å². The monoisotopic (exact) mass is 426 g/mol. The molecule has 166 valence electrons. The fourth-order valence-electron chi connectivity index (χ4n) is 4.29. The normalized spacial score (nSPS) is 19.5. The van der Waals surface area contributed by atoms with Crippen LogP contribution >= 0.6 is 0 Å². The molecule has 0 saturated carbocycles. The zero-order valence-corrected chi connectivity index (χ0v) is 17.8. The van der Waals surface area contributed by atoms with Crippen LogP contribution in [0.1, 0.15) is 12.8 Å². The maximum atomic E-state index is 13.9. The number of carbonyl (C=O) groups is 1. The number of urea groups is 1. The van der Waals surface area contributed by atoms with Crippen LogP contribution in [0.2, 0.25) is 0 Å². The highest BCUT2D eigenvalue weighted by Crippen LogP contribution is 2.20. The SMILES string of the molecule is O=C(NCCCN1CCN(c2ccccc2F)CC1)NC1CCN(c2ccccn2)C1. The van der Waals surface area contributed by atoms with Gasteiger partial charge in [-0.15, -0.1) is 0 Å². The Kier molecular flexibility index (Phi) is 7.19. The van der Waals surface area contributed by atoms with Gasteiger partial charge in [0, 0.05) is 58.1 Å². The first-order chi connectivity index (χ1) is 15.2. The van der Waals surface area contributed by atoms with E-state index in [0.717, 1.165) is 64.5 Å². The minimum Gasteiger partial charge on any atom is -0.367 e. The number of rotatable bonds is 7. The maximum absolute atomic E-state index is 13.9. The molecule has 2 aliphatic heterocycles. The number of aromatic nitrogens is 1. The fourth-order valence-corrected chi connectivity index (χ4v) is 4.29. The molecule has 2 aliphatic rings. The summed E-state index contributed by atoms with van der Waals surface area (Å²) in [5, 5.41) is 6.05. The lowest BCUT2D eigenvalue weighted by Gasteiger charge is -2.36. The van der Waals surface area contributed by atoms with Gasteiger partial charge in [0.1, 0.15) is 11.6 Å². The van der Waals surface area contributed by atoms with Crippen molar-refractivity contribution in [3.05, 3.63) is 54.5 Å². The Balaban J connectivity index is 1.09. The van der Waals surface area contributed by atoms with Crippen molar-refractivity contribution in [2.45, 2.75) is 18.9 Å². The summed E-state index contributed by atoms with van der Waals surface area (Å²) in [7, 11) is 0. The van der Waals surface area contributed by atoms with Crippen LogP contribution < -0.4 is 20.4 Å². The van der Waals surface area contributed by atoms with Gasteiger partial charge in [-0.05, 0) is 43.7 Å². The van der Waals surface area contributed by atoms with Gasteiger partial charge < -0.3 is 20.4 Å². The van der Waals surface area contributed by atoms with E-state index in [9.17, 15) is 9.18 Å². The van der Waals surface area contributed by atoms with E-state index in [4.69, 9.17) is 0 Å². The van der Waals surface area contributed by atoms with E-state index in [1.54, 1.807) is 12.3 Å². The lowest BCUT2D eigenvalue weighted by atomic mass is 10.2. The number of carbonyl (C=O) groups excluding carboxylic acids is 1. The third kappa shape index (κ3) is 5.85. The summed E-state index contributed by atoms with van der Waals surface area (Å²) < 4.78 is 13.9. The maximum Gasteiger partial charge on any atom is 0.315 e. The highest BCUT2D eigenvalue weighted by atomic mass is 19.1. The van der Waals surface area contributed by atoms with E-state index < -0.39 is 0 Å². The zero-order chi connectivity index (χ0) is 21.5. The van der Waals surface area contributed by atoms with E-state index in [1.165, 1.54) is 6.07 Å². The largest absolute Gasteiger partial charge is 0.367 e. The van der Waals surface area contributed by atoms with E-state index in [0.29, 0.717) is 12.2 Å². The molecule has 1 aromatic heterocycles. The standard InChI is InChI=1S/C23H31FN6O/c24-20-6-1-2-7-21(20)29-16-14-28(15-17-29)12-5-11-26-23(31)27-19-9-13-30(18-19)22-8-3-4-10-25-22/h1-4,6-8,10,19H,5,9,11-18H2,(H2,26,27,31). The Morgan fingerprint density at radius 1 is 1.03 bits per heavy atom. The number of pyridine rings is 1. The summed E-state index contributed by atoms with van der Waals surface area (Å²) in [6, 6.07) is 12.9. The van der Waals surface area contributed by atoms with E-state index >= 15 is 0 Å². The molecule has 0 aliphatic carbocycles. The summed E-state index contributed by atoms with van der Waals surface area (Å²) in [5.74, 6) is 0.805. The van der Waals surface area contributed by atoms with Crippen LogP contribution in [-0.4, -0.2) is 74.3 Å². The van der Waals surface area contributed by atoms with Crippen molar-refractivity contribution in [3.63, 3.8) is 0 Å². The highest BCUT2D eigenvalue weighted by Gasteiger charge is 2.24. The van der Waals surface area contributed by atoms with Crippen LogP contribution in [-0.2, 0) is 0 Å². The second kappa shape index (κ2) is 10.4. The molecule has 2 fully saturated rings. The van der Waals surface area contributed by atoms with Crippen molar-refractivity contribution < 1.29 is 9.18 Å². The lowest BCUT2D eigenvalue weighted by Crippen LogP contribution is -2.47. The number of hydrogen-bond acceptors (Lipinski definition) is 5. The van der Waals surface area contributed by atoms with Gasteiger partial charge in [0.2, 0.25) is 0 Å². The predicted molar refractivity (Wildman–Crippen MR) is 121 cm³/mol. The van der Waals surface area contributed by atoms with E-state index in [2.05, 4.69) is 30.3 Å². The molecule has 1 aromatic carbocycles. The molecule has 4 rings (SSSR count). The predicted octanol–water partition coefficient (Wildman–Crippen LogP) is 2.31. The number of nitrogens with one attached hydrogen (secondary N) is 2. The number of benzene rings is 1. The van der Waals surface area contributed by atoms with Crippen LogP contribution in [0.4, 0.5) is 20.7 Å². The number of halogens is 1. The van der Waals surface area contributed by atoms with Gasteiger partial charge in [0.25, 0.3) is 0 Å². The molecule has 2 saturated heterocycles. The summed E-state index contributed by atoms with van der Waals surface area (Å²) >= 11 is 0. The number of anilines is 2. The Morgan fingerprint density at radius 2 is 1.84 bits per heavy atom. The number of piperazine rings is 1. The number of para-hydroxylation sites is 1. The molecule has 1 atom stereocenters. The molecule has 0 bridgehead atoms. The van der Waals surface area contributed by atoms with Gasteiger partial charge in [-0.3, -0.25) is 4.90 Å². The molecule has 3 heterocycles. The third-order valence-electron chi connectivity index (χ3n) is 6.00. The Hall–Kier alpha value is -2.87. The van der Waals surface area contributed by atoms with Gasteiger partial charge in [-0.1, -0.05) is 18.2 Å². The average Bonchev–Trinajstić information content (AvgIpc) is 3.27. The molecule has 2 aromatic rings. The summed E-state index contributed by atoms with van der Waals surface area (Å²) in [6.45, 7) is 6.74. The fraction of sp³-hybridized carbons (Fsp3) is 0.478. The second-order valence-electron chi connectivity index (χ2n) is 8.15. The van der Waals surface area contributed by atoms with Gasteiger partial charge in [-0.2, -0.15) is 0 Å². The molecule has 7 nitrogen and oxygen atoms in total. The lowest BCUT2D eigenvalue weighted by molar-refractivity contribution is 0.233. The topological polar surface area (TPSA) is 63.7 Å². The average molecular weight is 427 g/mol. The summed E-state index contributed by atoms with van der Waals surface area (Å²) in [6.07, 6.45) is 3.62. The molecule has 1 unspecified atom stereocenters. The minimum absolute atomic E-state index is 0.0998. The minimum atomic E-state index is -0.156. The van der Waals surface area contributed by atoms with Gasteiger partial charge in [0.15, 0.2) is 0 Å². The van der Waals surface area contributed by atoms with Gasteiger partial charge in [0.05, 0.1) is 5.69 Å². The molecule has 31 heavy (non-hydrogen) atoms. The molecular formula is C23H31FN6O. The number of amides is 2. The van der Waals surface area contributed by atoms with E-state index in [1.807, 2.05) is 30.3 Å². The zero-order valence-electron chi connectivity index (χ0n) is 17.8. The van der Waals surface area contributed by atoms with Crippen LogP contribution in [0.3, 0.4) is 0 Å². The Bertz CT molecular complexity index is 843. The van der Waals surface area contributed by atoms with Crippen molar-refractivity contribution in [1.82, 2.24) is 20.5 Å². The van der Waals surface area contributed by atoms with Crippen molar-refractivity contribution in [3.8, 4) is 0 Å². The van der Waals surface area contributed by atoms with Crippen LogP contribution in [0.25, 0.3) is 0 Å². The number of hydrogen-bond donors (Lipinski definition) is 2. The Labute approximate surface area is 183 Å². The first-order valence-corrected chi connectivity index (χ1v) is 11.1. The molecule has 0 radical (unpaired) electrons. The first kappa shape index (κ1) is 21.4.